The molecule has 0 fully saturated rings. The molecule has 0 aromatic carbocycles. The first kappa shape index (κ1) is 15.3. The second-order valence-electron chi connectivity index (χ2n) is 4.34. The Labute approximate surface area is 101 Å². The number of unbranched alkanes of at least 4 members (excludes halogenated alkanes) is 10. The predicted molar refractivity (Wildman–Crippen MR) is 71.7 cm³/mol. The van der Waals surface area contributed by atoms with Crippen molar-refractivity contribution in [3.05, 3.63) is 0 Å². The second kappa shape index (κ2) is 14.3. The van der Waals surface area contributed by atoms with Crippen LogP contribution in [0.3, 0.4) is 0 Å². The summed E-state index contributed by atoms with van der Waals surface area (Å²) < 4.78 is 0. The Morgan fingerprint density at radius 3 is 1.20 bits per heavy atom. The predicted octanol–water partition coefficient (Wildman–Crippen LogP) is 4.20. The van der Waals surface area contributed by atoms with E-state index in [1.807, 2.05) is 0 Å². The van der Waals surface area contributed by atoms with Crippen molar-refractivity contribution >= 4 is 12.6 Å². The lowest BCUT2D eigenvalue weighted by Crippen LogP contribution is -1.84. The number of aliphatic hydroxyl groups excluding tert-OH is 1. The monoisotopic (exact) mass is 232 g/mol. The van der Waals surface area contributed by atoms with Gasteiger partial charge in [-0.2, -0.15) is 12.6 Å². The van der Waals surface area contributed by atoms with Gasteiger partial charge >= 0.3 is 0 Å². The molecule has 0 aromatic rings. The van der Waals surface area contributed by atoms with Crippen LogP contribution in [0.2, 0.25) is 0 Å². The molecule has 1 N–H and O–H groups in total. The molecule has 2 heteroatoms. The topological polar surface area (TPSA) is 20.2 Å². The lowest BCUT2D eigenvalue weighted by Gasteiger charge is -2.01. The van der Waals surface area contributed by atoms with Crippen molar-refractivity contribution in [2.24, 2.45) is 0 Å². The summed E-state index contributed by atoms with van der Waals surface area (Å²) in [7, 11) is 0. The smallest absolute Gasteiger partial charge is 0.0431 e. The van der Waals surface area contributed by atoms with E-state index in [-0.39, 0.29) is 0 Å². The largest absolute Gasteiger partial charge is 0.396 e. The number of rotatable bonds is 12. The Morgan fingerprint density at radius 1 is 0.533 bits per heavy atom. The molecule has 0 saturated heterocycles. The van der Waals surface area contributed by atoms with E-state index in [1.54, 1.807) is 0 Å². The molecule has 0 atom stereocenters. The Morgan fingerprint density at radius 2 is 0.867 bits per heavy atom. The first-order chi connectivity index (χ1) is 7.41. The zero-order valence-corrected chi connectivity index (χ0v) is 11.0. The van der Waals surface area contributed by atoms with E-state index in [0.29, 0.717) is 6.61 Å². The molecule has 0 saturated carbocycles. The summed E-state index contributed by atoms with van der Waals surface area (Å²) in [5.41, 5.74) is 0. The molecule has 0 unspecified atom stereocenters. The maximum Gasteiger partial charge on any atom is 0.0431 e. The fourth-order valence-electron chi connectivity index (χ4n) is 1.81. The molecular formula is C13H28OS. The Bertz CT molecular complexity index is 94.7. The maximum absolute atomic E-state index is 8.60. The standard InChI is InChI=1S/C13H28OS/c14-12-10-8-6-4-2-1-3-5-7-9-11-13-15/h14-15H,1-13H2. The van der Waals surface area contributed by atoms with Crippen LogP contribution in [0, 0.1) is 0 Å². The Hall–Kier alpha value is 0.310. The van der Waals surface area contributed by atoms with Crippen LogP contribution in [0.5, 0.6) is 0 Å². The van der Waals surface area contributed by atoms with Crippen LogP contribution in [-0.4, -0.2) is 17.5 Å². The third-order valence-electron chi connectivity index (χ3n) is 2.82. The van der Waals surface area contributed by atoms with Gasteiger partial charge in [0, 0.05) is 6.61 Å². The van der Waals surface area contributed by atoms with Gasteiger partial charge in [-0.15, -0.1) is 0 Å². The lowest BCUT2D eigenvalue weighted by atomic mass is 10.1. The van der Waals surface area contributed by atoms with E-state index in [9.17, 15) is 0 Å². The van der Waals surface area contributed by atoms with Crippen molar-refractivity contribution in [3.8, 4) is 0 Å². The summed E-state index contributed by atoms with van der Waals surface area (Å²) in [6.45, 7) is 0.366. The van der Waals surface area contributed by atoms with Gasteiger partial charge in [-0.05, 0) is 18.6 Å². The quantitative estimate of drug-likeness (QED) is 0.382. The molecule has 0 amide bonds. The molecule has 0 heterocycles. The molecule has 15 heavy (non-hydrogen) atoms. The van der Waals surface area contributed by atoms with Crippen molar-refractivity contribution < 1.29 is 5.11 Å². The minimum absolute atomic E-state index is 0.366. The molecule has 92 valence electrons. The zero-order chi connectivity index (χ0) is 11.2. The van der Waals surface area contributed by atoms with Crippen molar-refractivity contribution in [2.45, 2.75) is 70.6 Å². The van der Waals surface area contributed by atoms with Gasteiger partial charge in [0.2, 0.25) is 0 Å². The number of hydrogen-bond acceptors (Lipinski definition) is 2. The van der Waals surface area contributed by atoms with Crippen LogP contribution in [0.15, 0.2) is 0 Å². The van der Waals surface area contributed by atoms with Crippen LogP contribution in [-0.2, 0) is 0 Å². The summed E-state index contributed by atoms with van der Waals surface area (Å²) in [5.74, 6) is 1.05. The molecule has 0 aliphatic heterocycles. The highest BCUT2D eigenvalue weighted by molar-refractivity contribution is 7.80. The summed E-state index contributed by atoms with van der Waals surface area (Å²) in [6, 6.07) is 0. The first-order valence-electron chi connectivity index (χ1n) is 6.63. The van der Waals surface area contributed by atoms with E-state index in [4.69, 9.17) is 5.11 Å². The fourth-order valence-corrected chi connectivity index (χ4v) is 2.04. The summed E-state index contributed by atoms with van der Waals surface area (Å²) in [4.78, 5) is 0. The van der Waals surface area contributed by atoms with E-state index in [1.165, 1.54) is 64.2 Å². The molecule has 0 aliphatic carbocycles. The van der Waals surface area contributed by atoms with Gasteiger partial charge in [0.05, 0.1) is 0 Å². The minimum Gasteiger partial charge on any atom is -0.396 e. The third kappa shape index (κ3) is 14.3. The number of hydrogen-bond donors (Lipinski definition) is 2. The number of aliphatic hydroxyl groups is 1. The van der Waals surface area contributed by atoms with Crippen molar-refractivity contribution in [3.63, 3.8) is 0 Å². The van der Waals surface area contributed by atoms with Gasteiger partial charge < -0.3 is 5.11 Å². The van der Waals surface area contributed by atoms with Crippen molar-refractivity contribution in [2.75, 3.05) is 12.4 Å². The molecule has 1 nitrogen and oxygen atoms in total. The highest BCUT2D eigenvalue weighted by Crippen LogP contribution is 2.11. The van der Waals surface area contributed by atoms with Crippen LogP contribution in [0.1, 0.15) is 70.6 Å². The second-order valence-corrected chi connectivity index (χ2v) is 4.78. The molecule has 0 aliphatic rings. The van der Waals surface area contributed by atoms with Gasteiger partial charge in [0.1, 0.15) is 0 Å². The van der Waals surface area contributed by atoms with Crippen molar-refractivity contribution in [1.82, 2.24) is 0 Å². The van der Waals surface area contributed by atoms with Crippen LogP contribution in [0.25, 0.3) is 0 Å². The van der Waals surface area contributed by atoms with Crippen LogP contribution < -0.4 is 0 Å². The zero-order valence-electron chi connectivity index (χ0n) is 10.1. The van der Waals surface area contributed by atoms with E-state index < -0.39 is 0 Å². The molecule has 0 bridgehead atoms. The number of thiol groups is 1. The molecule has 0 spiro atoms. The first-order valence-corrected chi connectivity index (χ1v) is 7.26. The van der Waals surface area contributed by atoms with Gasteiger partial charge in [-0.1, -0.05) is 57.8 Å². The minimum atomic E-state index is 0.366. The highest BCUT2D eigenvalue weighted by atomic mass is 32.1. The third-order valence-corrected chi connectivity index (χ3v) is 3.13. The Balaban J connectivity index is 2.81. The van der Waals surface area contributed by atoms with Gasteiger partial charge in [0.15, 0.2) is 0 Å². The van der Waals surface area contributed by atoms with Gasteiger partial charge in [-0.25, -0.2) is 0 Å². The molecule has 0 rings (SSSR count). The van der Waals surface area contributed by atoms with E-state index in [0.717, 1.165) is 12.2 Å². The Kier molecular flexibility index (Phi) is 14.6. The normalized spacial score (nSPS) is 10.8. The SMILES string of the molecule is OCCCCCCCCCCCCCS. The van der Waals surface area contributed by atoms with Crippen molar-refractivity contribution in [1.29, 1.82) is 0 Å². The summed E-state index contributed by atoms with van der Waals surface area (Å²) in [5, 5.41) is 8.60. The van der Waals surface area contributed by atoms with E-state index in [2.05, 4.69) is 12.6 Å². The highest BCUT2D eigenvalue weighted by Gasteiger charge is 1.92. The summed E-state index contributed by atoms with van der Waals surface area (Å²) >= 11 is 4.20. The van der Waals surface area contributed by atoms with Crippen LogP contribution in [0.4, 0.5) is 0 Å². The lowest BCUT2D eigenvalue weighted by molar-refractivity contribution is 0.282. The molecule has 0 aromatic heterocycles. The van der Waals surface area contributed by atoms with E-state index >= 15 is 0 Å². The van der Waals surface area contributed by atoms with Crippen LogP contribution >= 0.6 is 12.6 Å². The molecule has 0 radical (unpaired) electrons. The average molecular weight is 232 g/mol. The fraction of sp³-hybridized carbons (Fsp3) is 1.00. The summed E-state index contributed by atoms with van der Waals surface area (Å²) in [6.07, 6.45) is 14.5. The maximum atomic E-state index is 8.60. The molecular weight excluding hydrogens is 204 g/mol. The van der Waals surface area contributed by atoms with Gasteiger partial charge in [0.25, 0.3) is 0 Å². The average Bonchev–Trinajstić information content (AvgIpc) is 2.26. The van der Waals surface area contributed by atoms with Gasteiger partial charge in [-0.3, -0.25) is 0 Å².